The summed E-state index contributed by atoms with van der Waals surface area (Å²) >= 11 is 0. The number of carbonyl (C=O) groups excluding carboxylic acids is 3. The first-order valence-corrected chi connectivity index (χ1v) is 13.8. The van der Waals surface area contributed by atoms with Gasteiger partial charge in [0.25, 0.3) is 5.91 Å². The summed E-state index contributed by atoms with van der Waals surface area (Å²) in [5.41, 5.74) is 4.36. The molecule has 1 aromatic rings. The van der Waals surface area contributed by atoms with E-state index in [-0.39, 0.29) is 37.3 Å². The smallest absolute Gasteiger partial charge is 0.306 e. The van der Waals surface area contributed by atoms with Crippen LogP contribution >= 0.6 is 0 Å². The Labute approximate surface area is 234 Å². The predicted molar refractivity (Wildman–Crippen MR) is 150 cm³/mol. The minimum absolute atomic E-state index is 0.0654. The van der Waals surface area contributed by atoms with Gasteiger partial charge in [-0.1, -0.05) is 38.2 Å². The lowest BCUT2D eigenvalue weighted by Gasteiger charge is -2.43. The van der Waals surface area contributed by atoms with Gasteiger partial charge in [0, 0.05) is 24.8 Å². The molecule has 0 aromatic carbocycles. The standard InChI is InChI=1S/C28H41N7O5/c1-27(2,3)34-22(36)16-31-17-23(37)35-12-11-20(19-7-5-4-6-8-19)28(35,13-24(38)39)26(40)33-15-18-9-10-21(25(29)30)32-14-18/h9-10,14,16,19-20H,4-8,11-13,15,17H2,1-3H3,(H3,29,30)(H,33,40)(H,34,36)(H,38,39)/t20?,28-/m0/s1. The van der Waals surface area contributed by atoms with E-state index in [1.807, 2.05) is 20.8 Å². The van der Waals surface area contributed by atoms with Crippen molar-refractivity contribution in [2.24, 2.45) is 22.6 Å². The largest absolute Gasteiger partial charge is 0.481 e. The van der Waals surface area contributed by atoms with Gasteiger partial charge in [0.2, 0.25) is 11.8 Å². The zero-order valence-corrected chi connectivity index (χ0v) is 23.5. The number of hydrogen-bond donors (Lipinski definition) is 5. The second-order valence-electron chi connectivity index (χ2n) is 11.7. The van der Waals surface area contributed by atoms with Crippen LogP contribution in [0.15, 0.2) is 23.3 Å². The van der Waals surface area contributed by atoms with Crippen molar-refractivity contribution in [3.05, 3.63) is 29.6 Å². The van der Waals surface area contributed by atoms with Gasteiger partial charge in [0.05, 0.1) is 12.6 Å². The van der Waals surface area contributed by atoms with E-state index in [1.54, 1.807) is 12.1 Å². The van der Waals surface area contributed by atoms with E-state index in [0.29, 0.717) is 17.7 Å². The van der Waals surface area contributed by atoms with Crippen LogP contribution in [0.4, 0.5) is 0 Å². The Balaban J connectivity index is 1.88. The van der Waals surface area contributed by atoms with Gasteiger partial charge in [-0.3, -0.25) is 34.6 Å². The number of nitrogens with one attached hydrogen (secondary N) is 3. The molecule has 1 aliphatic heterocycles. The molecule has 40 heavy (non-hydrogen) atoms. The summed E-state index contributed by atoms with van der Waals surface area (Å²) in [5.74, 6) is -3.01. The molecule has 0 bridgehead atoms. The lowest BCUT2D eigenvalue weighted by atomic mass is 9.68. The number of hydrogen-bond acceptors (Lipinski definition) is 7. The average Bonchev–Trinajstić information content (AvgIpc) is 3.26. The third-order valence-electron chi connectivity index (χ3n) is 7.58. The van der Waals surface area contributed by atoms with Crippen molar-refractivity contribution >= 4 is 35.7 Å². The highest BCUT2D eigenvalue weighted by molar-refractivity contribution is 6.26. The minimum Gasteiger partial charge on any atom is -0.481 e. The van der Waals surface area contributed by atoms with Gasteiger partial charge < -0.3 is 26.4 Å². The highest BCUT2D eigenvalue weighted by atomic mass is 16.4. The lowest BCUT2D eigenvalue weighted by molar-refractivity contribution is -0.154. The average molecular weight is 556 g/mol. The number of carboxylic acids is 1. The molecule has 3 amide bonds. The van der Waals surface area contributed by atoms with Crippen molar-refractivity contribution in [3.63, 3.8) is 0 Å². The molecular formula is C28H41N7O5. The van der Waals surface area contributed by atoms with Crippen LogP contribution in [0.5, 0.6) is 0 Å². The number of carboxylic acid groups (broad SMARTS) is 1. The van der Waals surface area contributed by atoms with Crippen LogP contribution in [0.2, 0.25) is 0 Å². The summed E-state index contributed by atoms with van der Waals surface area (Å²) < 4.78 is 0. The van der Waals surface area contributed by atoms with E-state index in [0.717, 1.165) is 38.3 Å². The maximum absolute atomic E-state index is 14.0. The van der Waals surface area contributed by atoms with E-state index in [1.165, 1.54) is 11.1 Å². The summed E-state index contributed by atoms with van der Waals surface area (Å²) in [7, 11) is 0. The number of likely N-dealkylation sites (tertiary alicyclic amines) is 1. The summed E-state index contributed by atoms with van der Waals surface area (Å²) in [5, 5.41) is 23.1. The monoisotopic (exact) mass is 555 g/mol. The number of nitrogens with two attached hydrogens (primary N) is 1. The van der Waals surface area contributed by atoms with Crippen LogP contribution in [0, 0.1) is 17.2 Å². The molecule has 1 aliphatic carbocycles. The first-order valence-electron chi connectivity index (χ1n) is 13.8. The fraction of sp³-hybridized carbons (Fsp3) is 0.607. The number of carbonyl (C=O) groups is 4. The van der Waals surface area contributed by atoms with Crippen LogP contribution in [0.3, 0.4) is 0 Å². The normalized spacial score (nSPS) is 21.8. The Morgan fingerprint density at radius 3 is 2.48 bits per heavy atom. The van der Waals surface area contributed by atoms with Crippen molar-refractivity contribution in [2.75, 3.05) is 13.1 Å². The first-order chi connectivity index (χ1) is 18.8. The second kappa shape index (κ2) is 13.0. The van der Waals surface area contributed by atoms with Gasteiger partial charge in [-0.15, -0.1) is 0 Å². The number of amides is 3. The molecule has 2 aliphatic rings. The summed E-state index contributed by atoms with van der Waals surface area (Å²) in [6.07, 6.45) is 7.39. The molecule has 3 rings (SSSR count). The number of nitrogen functional groups attached to an aromatic ring is 1. The molecule has 1 aromatic heterocycles. The van der Waals surface area contributed by atoms with Gasteiger partial charge in [0.15, 0.2) is 0 Å². The van der Waals surface area contributed by atoms with Crippen molar-refractivity contribution in [2.45, 2.75) is 83.3 Å². The maximum Gasteiger partial charge on any atom is 0.306 e. The van der Waals surface area contributed by atoms with E-state index >= 15 is 0 Å². The predicted octanol–water partition coefficient (Wildman–Crippen LogP) is 1.61. The van der Waals surface area contributed by atoms with E-state index in [4.69, 9.17) is 11.1 Å². The molecule has 1 unspecified atom stereocenters. The topological polar surface area (TPSA) is 191 Å². The van der Waals surface area contributed by atoms with Crippen LogP contribution in [-0.2, 0) is 25.7 Å². The third-order valence-corrected chi connectivity index (χ3v) is 7.58. The van der Waals surface area contributed by atoms with E-state index in [2.05, 4.69) is 20.6 Å². The second-order valence-corrected chi connectivity index (χ2v) is 11.7. The highest BCUT2D eigenvalue weighted by Crippen LogP contribution is 2.47. The number of amidine groups is 1. The molecule has 218 valence electrons. The highest BCUT2D eigenvalue weighted by Gasteiger charge is 2.59. The number of nitrogens with zero attached hydrogens (tertiary/aromatic N) is 3. The Kier molecular flexibility index (Phi) is 9.99. The molecule has 2 atom stereocenters. The molecule has 2 fully saturated rings. The Bertz CT molecular complexity index is 1140. The van der Waals surface area contributed by atoms with E-state index in [9.17, 15) is 24.3 Å². The first kappa shape index (κ1) is 30.7. The SMILES string of the molecule is CC(C)(C)NC(=O)C=NCC(=O)N1CCC(C2CCCCC2)[C@@]1(CC(=O)O)C(=O)NCc1ccc(C(=N)N)nc1. The number of pyridine rings is 1. The molecule has 0 radical (unpaired) electrons. The van der Waals surface area contributed by atoms with Gasteiger partial charge >= 0.3 is 5.97 Å². The molecular weight excluding hydrogens is 514 g/mol. The van der Waals surface area contributed by atoms with Gasteiger partial charge in [-0.2, -0.15) is 0 Å². The number of aliphatic carboxylic acids is 1. The third kappa shape index (κ3) is 7.64. The zero-order valence-electron chi connectivity index (χ0n) is 23.5. The molecule has 6 N–H and O–H groups in total. The molecule has 1 saturated carbocycles. The quantitative estimate of drug-likeness (QED) is 0.214. The molecule has 12 nitrogen and oxygen atoms in total. The maximum atomic E-state index is 14.0. The Hall–Kier alpha value is -3.83. The summed E-state index contributed by atoms with van der Waals surface area (Å²) in [6.45, 7) is 5.40. The van der Waals surface area contributed by atoms with Crippen LogP contribution in [0.1, 0.15) is 77.0 Å². The van der Waals surface area contributed by atoms with Crippen molar-refractivity contribution in [1.82, 2.24) is 20.5 Å². The van der Waals surface area contributed by atoms with Crippen molar-refractivity contribution in [3.8, 4) is 0 Å². The molecule has 0 spiro atoms. The van der Waals surface area contributed by atoms with Crippen LogP contribution < -0.4 is 16.4 Å². The zero-order chi connectivity index (χ0) is 29.5. The lowest BCUT2D eigenvalue weighted by Crippen LogP contribution is -2.63. The van der Waals surface area contributed by atoms with Gasteiger partial charge in [0.1, 0.15) is 23.6 Å². The molecule has 1 saturated heterocycles. The molecule has 12 heteroatoms. The summed E-state index contributed by atoms with van der Waals surface area (Å²) in [6, 6.07) is 3.25. The fourth-order valence-corrected chi connectivity index (χ4v) is 5.96. The van der Waals surface area contributed by atoms with Gasteiger partial charge in [-0.25, -0.2) is 0 Å². The number of aromatic nitrogens is 1. The van der Waals surface area contributed by atoms with Crippen LogP contribution in [0.25, 0.3) is 0 Å². The number of aliphatic imine (C=N–C) groups is 1. The molecule has 2 heterocycles. The number of rotatable bonds is 10. The van der Waals surface area contributed by atoms with Crippen LogP contribution in [-0.4, -0.2) is 74.9 Å². The van der Waals surface area contributed by atoms with Crippen molar-refractivity contribution < 1.29 is 24.3 Å². The fourth-order valence-electron chi connectivity index (χ4n) is 5.96. The van der Waals surface area contributed by atoms with E-state index < -0.39 is 41.2 Å². The minimum atomic E-state index is -1.58. The Morgan fingerprint density at radius 1 is 1.20 bits per heavy atom. The summed E-state index contributed by atoms with van der Waals surface area (Å²) in [4.78, 5) is 61.4. The Morgan fingerprint density at radius 2 is 1.90 bits per heavy atom. The van der Waals surface area contributed by atoms with Crippen molar-refractivity contribution in [1.29, 1.82) is 5.41 Å². The van der Waals surface area contributed by atoms with Gasteiger partial charge in [-0.05, 0) is 50.7 Å².